The highest BCUT2D eigenvalue weighted by atomic mass is 19.3. The van der Waals surface area contributed by atoms with Crippen molar-refractivity contribution in [1.82, 2.24) is 15.1 Å². The molecule has 1 aliphatic rings. The van der Waals surface area contributed by atoms with E-state index < -0.39 is 6.43 Å². The van der Waals surface area contributed by atoms with Crippen molar-refractivity contribution in [2.24, 2.45) is 5.92 Å². The Hall–Kier alpha value is -2.80. The minimum absolute atomic E-state index is 0.00925. The summed E-state index contributed by atoms with van der Waals surface area (Å²) < 4.78 is 26.0. The molecule has 0 radical (unpaired) electrons. The first-order valence-electron chi connectivity index (χ1n) is 10.9. The van der Waals surface area contributed by atoms with Crippen LogP contribution in [0.25, 0.3) is 22.0 Å². The molecule has 1 aromatic heterocycles. The molecule has 2 heterocycles. The van der Waals surface area contributed by atoms with Crippen LogP contribution in [-0.2, 0) is 0 Å². The van der Waals surface area contributed by atoms with Crippen molar-refractivity contribution in [2.45, 2.75) is 45.2 Å². The zero-order chi connectivity index (χ0) is 23.2. The van der Waals surface area contributed by atoms with Crippen LogP contribution in [0.1, 0.15) is 39.2 Å². The second-order valence-electron chi connectivity index (χ2n) is 9.38. The lowest BCUT2D eigenvalue weighted by molar-refractivity contribution is 0.0391. The number of phenolic OH excluding ortho intramolecular Hbond substituents is 1. The van der Waals surface area contributed by atoms with Gasteiger partial charge in [-0.15, -0.1) is 10.2 Å². The van der Waals surface area contributed by atoms with Crippen molar-refractivity contribution < 1.29 is 13.9 Å². The molecule has 0 spiro atoms. The fourth-order valence-corrected chi connectivity index (χ4v) is 4.68. The number of fused-ring (bicyclic) bond motifs is 1. The lowest BCUT2D eigenvalue weighted by Crippen LogP contribution is -2.59. The highest BCUT2D eigenvalue weighted by molar-refractivity contribution is 5.90. The van der Waals surface area contributed by atoms with Gasteiger partial charge in [0.2, 0.25) is 0 Å². The number of hydrogen-bond acceptors (Lipinski definition) is 5. The zero-order valence-corrected chi connectivity index (χ0v) is 19.2. The van der Waals surface area contributed by atoms with E-state index in [1.54, 1.807) is 12.1 Å². The summed E-state index contributed by atoms with van der Waals surface area (Å²) in [6, 6.07) is 11.8. The van der Waals surface area contributed by atoms with Crippen LogP contribution in [0.15, 0.2) is 42.5 Å². The van der Waals surface area contributed by atoms with Crippen molar-refractivity contribution in [3.8, 4) is 17.0 Å². The molecule has 7 heteroatoms. The van der Waals surface area contributed by atoms with E-state index in [4.69, 9.17) is 0 Å². The molecule has 2 aromatic carbocycles. The van der Waals surface area contributed by atoms with Gasteiger partial charge < -0.3 is 14.9 Å². The van der Waals surface area contributed by atoms with E-state index in [1.807, 2.05) is 12.1 Å². The SMILES string of the molecule is CC1C(N(C)c2ccc(-c3cc4ccc(C(F)F)cc4cc3O)nn2)CCN(C)C1(C)C. The molecule has 3 aromatic rings. The number of piperidine rings is 1. The topological polar surface area (TPSA) is 52.5 Å². The van der Waals surface area contributed by atoms with Crippen molar-refractivity contribution in [3.05, 3.63) is 48.0 Å². The summed E-state index contributed by atoms with van der Waals surface area (Å²) in [7, 11) is 4.23. The Balaban J connectivity index is 1.60. The van der Waals surface area contributed by atoms with Gasteiger partial charge in [-0.2, -0.15) is 0 Å². The highest BCUT2D eigenvalue weighted by Crippen LogP contribution is 2.37. The molecular weight excluding hydrogens is 410 g/mol. The third-order valence-electron chi connectivity index (χ3n) is 7.45. The van der Waals surface area contributed by atoms with Crippen molar-refractivity contribution in [3.63, 3.8) is 0 Å². The Morgan fingerprint density at radius 2 is 1.84 bits per heavy atom. The molecule has 4 rings (SSSR count). The zero-order valence-electron chi connectivity index (χ0n) is 19.2. The van der Waals surface area contributed by atoms with Gasteiger partial charge in [-0.1, -0.05) is 19.1 Å². The normalized spacial score (nSPS) is 21.2. The summed E-state index contributed by atoms with van der Waals surface area (Å²) in [4.78, 5) is 4.60. The van der Waals surface area contributed by atoms with E-state index >= 15 is 0 Å². The third kappa shape index (κ3) is 3.90. The first kappa shape index (κ1) is 22.4. The second kappa shape index (κ2) is 8.28. The van der Waals surface area contributed by atoms with Gasteiger partial charge in [-0.3, -0.25) is 0 Å². The molecule has 0 saturated carbocycles. The van der Waals surface area contributed by atoms with Crippen LogP contribution in [0.4, 0.5) is 14.6 Å². The fraction of sp³-hybridized carbons (Fsp3) is 0.440. The summed E-state index contributed by atoms with van der Waals surface area (Å²) in [5.74, 6) is 1.22. The Morgan fingerprint density at radius 3 is 2.50 bits per heavy atom. The number of nitrogens with zero attached hydrogens (tertiary/aromatic N) is 4. The van der Waals surface area contributed by atoms with Crippen LogP contribution in [0.2, 0.25) is 0 Å². The number of aromatic nitrogens is 2. The van der Waals surface area contributed by atoms with Crippen LogP contribution in [-0.4, -0.2) is 52.4 Å². The number of aromatic hydroxyl groups is 1. The minimum Gasteiger partial charge on any atom is -0.507 e. The monoisotopic (exact) mass is 440 g/mol. The molecular formula is C25H30F2N4O. The first-order chi connectivity index (χ1) is 15.1. The molecule has 1 fully saturated rings. The van der Waals surface area contributed by atoms with E-state index in [2.05, 4.69) is 54.9 Å². The molecule has 5 nitrogen and oxygen atoms in total. The van der Waals surface area contributed by atoms with E-state index in [0.29, 0.717) is 28.6 Å². The number of phenols is 1. The average molecular weight is 441 g/mol. The molecule has 32 heavy (non-hydrogen) atoms. The third-order valence-corrected chi connectivity index (χ3v) is 7.45. The number of hydrogen-bond donors (Lipinski definition) is 1. The standard InChI is InChI=1S/C25H30F2N4O/c1-15-21(10-11-30(4)25(15,2)3)31(5)23-9-8-20(28-29-23)19-13-16-6-7-17(24(26)27)12-18(16)14-22(19)32/h6-9,12-15,21,24,32H,10-11H2,1-5H3. The number of anilines is 1. The summed E-state index contributed by atoms with van der Waals surface area (Å²) in [6.07, 6.45) is -1.50. The number of rotatable bonds is 4. The maximum atomic E-state index is 13.0. The van der Waals surface area contributed by atoms with Crippen LogP contribution >= 0.6 is 0 Å². The molecule has 1 aliphatic heterocycles. The highest BCUT2D eigenvalue weighted by Gasteiger charge is 2.41. The Kier molecular flexibility index (Phi) is 5.79. The van der Waals surface area contributed by atoms with Crippen molar-refractivity contribution >= 4 is 16.6 Å². The Labute approximate surface area is 187 Å². The number of benzene rings is 2. The lowest BCUT2D eigenvalue weighted by atomic mass is 9.77. The second-order valence-corrected chi connectivity index (χ2v) is 9.38. The van der Waals surface area contributed by atoms with E-state index in [9.17, 15) is 13.9 Å². The lowest BCUT2D eigenvalue weighted by Gasteiger charge is -2.51. The largest absolute Gasteiger partial charge is 0.507 e. The van der Waals surface area contributed by atoms with Crippen molar-refractivity contribution in [1.29, 1.82) is 0 Å². The molecule has 170 valence electrons. The van der Waals surface area contributed by atoms with Gasteiger partial charge in [0.15, 0.2) is 5.82 Å². The van der Waals surface area contributed by atoms with Gasteiger partial charge in [-0.05, 0) is 74.3 Å². The molecule has 1 saturated heterocycles. The smallest absolute Gasteiger partial charge is 0.263 e. The summed E-state index contributed by atoms with van der Waals surface area (Å²) in [5, 5.41) is 20.7. The first-order valence-corrected chi connectivity index (χ1v) is 10.9. The van der Waals surface area contributed by atoms with Gasteiger partial charge >= 0.3 is 0 Å². The van der Waals surface area contributed by atoms with E-state index in [-0.39, 0.29) is 16.9 Å². The quantitative estimate of drug-likeness (QED) is 0.581. The van der Waals surface area contributed by atoms with Gasteiger partial charge in [0, 0.05) is 36.3 Å². The van der Waals surface area contributed by atoms with Crippen molar-refractivity contribution in [2.75, 3.05) is 25.5 Å². The number of alkyl halides is 2. The van der Waals surface area contributed by atoms with Gasteiger partial charge in [0.25, 0.3) is 6.43 Å². The van der Waals surface area contributed by atoms with E-state index in [0.717, 1.165) is 24.2 Å². The van der Waals surface area contributed by atoms with E-state index in [1.165, 1.54) is 18.2 Å². The van der Waals surface area contributed by atoms with Crippen LogP contribution in [0, 0.1) is 5.92 Å². The molecule has 1 N–H and O–H groups in total. The van der Waals surface area contributed by atoms with Crippen LogP contribution < -0.4 is 4.90 Å². The minimum atomic E-state index is -2.55. The predicted molar refractivity (Wildman–Crippen MR) is 124 cm³/mol. The summed E-state index contributed by atoms with van der Waals surface area (Å²) in [6.45, 7) is 7.86. The van der Waals surface area contributed by atoms with Gasteiger partial charge in [0.05, 0.1) is 5.69 Å². The fourth-order valence-electron chi connectivity index (χ4n) is 4.68. The van der Waals surface area contributed by atoms with Crippen LogP contribution in [0.5, 0.6) is 5.75 Å². The summed E-state index contributed by atoms with van der Waals surface area (Å²) in [5.41, 5.74) is 1.09. The maximum absolute atomic E-state index is 13.0. The average Bonchev–Trinajstić information content (AvgIpc) is 2.77. The van der Waals surface area contributed by atoms with Gasteiger partial charge in [0.1, 0.15) is 5.75 Å². The molecule has 2 unspecified atom stereocenters. The maximum Gasteiger partial charge on any atom is 0.263 e. The molecule has 0 amide bonds. The van der Waals surface area contributed by atoms with Gasteiger partial charge in [-0.25, -0.2) is 8.78 Å². The molecule has 0 bridgehead atoms. The number of halogens is 2. The molecule has 2 atom stereocenters. The summed E-state index contributed by atoms with van der Waals surface area (Å²) >= 11 is 0. The number of likely N-dealkylation sites (tertiary alicyclic amines) is 1. The Bertz CT molecular complexity index is 1120. The molecule has 0 aliphatic carbocycles. The van der Waals surface area contributed by atoms with Crippen LogP contribution in [0.3, 0.4) is 0 Å². The predicted octanol–water partition coefficient (Wildman–Crippen LogP) is 5.50. The Morgan fingerprint density at radius 1 is 1.09 bits per heavy atom.